The summed E-state index contributed by atoms with van der Waals surface area (Å²) in [6, 6.07) is 4.97. The molecule has 1 aromatic rings. The van der Waals surface area contributed by atoms with Crippen LogP contribution < -0.4 is 4.74 Å². The van der Waals surface area contributed by atoms with Crippen molar-refractivity contribution in [3.8, 4) is 5.75 Å². The van der Waals surface area contributed by atoms with E-state index in [1.165, 1.54) is 12.1 Å². The molecule has 1 aromatic carbocycles. The molecule has 0 spiro atoms. The van der Waals surface area contributed by atoms with Crippen molar-refractivity contribution in [2.75, 3.05) is 0 Å². The Labute approximate surface area is 95.1 Å². The van der Waals surface area contributed by atoms with Crippen LogP contribution in [0.5, 0.6) is 5.75 Å². The molecule has 0 aliphatic carbocycles. The van der Waals surface area contributed by atoms with Gasteiger partial charge in [-0.2, -0.15) is 0 Å². The van der Waals surface area contributed by atoms with Crippen molar-refractivity contribution >= 4 is 11.5 Å². The van der Waals surface area contributed by atoms with Crippen LogP contribution in [0.3, 0.4) is 0 Å². The first-order chi connectivity index (χ1) is 7.78. The smallest absolute Gasteiger partial charge is 0.478 e. The van der Waals surface area contributed by atoms with Crippen LogP contribution in [0.4, 0.5) is 13.2 Å². The standard InChI is InChI=1S/C11H9F3O3/c1-7(6-10(15)16)8-2-4-9(5-3-8)17-11(12,13)14/h2-6H,1H3,(H,15,16)/b7-6+. The molecule has 92 valence electrons. The number of hydrogen-bond donors (Lipinski definition) is 1. The number of alkyl halides is 3. The van der Waals surface area contributed by atoms with Gasteiger partial charge in [-0.05, 0) is 30.2 Å². The summed E-state index contributed by atoms with van der Waals surface area (Å²) in [5.74, 6) is -1.46. The SMILES string of the molecule is C/C(=C\C(=O)O)c1ccc(OC(F)(F)F)cc1. The van der Waals surface area contributed by atoms with E-state index in [0.29, 0.717) is 11.1 Å². The Hall–Kier alpha value is -1.98. The molecule has 0 aliphatic rings. The quantitative estimate of drug-likeness (QED) is 0.833. The molecule has 0 bridgehead atoms. The molecule has 3 nitrogen and oxygen atoms in total. The van der Waals surface area contributed by atoms with Gasteiger partial charge in [0.1, 0.15) is 5.75 Å². The minimum atomic E-state index is -4.73. The van der Waals surface area contributed by atoms with Crippen LogP contribution in [0.25, 0.3) is 5.57 Å². The Bertz CT molecular complexity index is 432. The molecule has 17 heavy (non-hydrogen) atoms. The van der Waals surface area contributed by atoms with E-state index in [4.69, 9.17) is 5.11 Å². The molecule has 0 saturated carbocycles. The van der Waals surface area contributed by atoms with Gasteiger partial charge in [0.15, 0.2) is 0 Å². The summed E-state index contributed by atoms with van der Waals surface area (Å²) in [7, 11) is 0. The molecule has 0 fully saturated rings. The second-order valence-electron chi connectivity index (χ2n) is 3.24. The lowest BCUT2D eigenvalue weighted by molar-refractivity contribution is -0.274. The van der Waals surface area contributed by atoms with E-state index < -0.39 is 12.3 Å². The molecule has 1 rings (SSSR count). The minimum Gasteiger partial charge on any atom is -0.478 e. The Kier molecular flexibility index (Phi) is 3.77. The fraction of sp³-hybridized carbons (Fsp3) is 0.182. The predicted molar refractivity (Wildman–Crippen MR) is 54.4 cm³/mol. The highest BCUT2D eigenvalue weighted by atomic mass is 19.4. The van der Waals surface area contributed by atoms with Crippen LogP contribution in [0, 0.1) is 0 Å². The van der Waals surface area contributed by atoms with Gasteiger partial charge in [0.25, 0.3) is 0 Å². The summed E-state index contributed by atoms with van der Waals surface area (Å²) < 4.78 is 39.3. The highest BCUT2D eigenvalue weighted by Crippen LogP contribution is 2.24. The van der Waals surface area contributed by atoms with Gasteiger partial charge in [0.05, 0.1) is 0 Å². The number of rotatable bonds is 3. The third kappa shape index (κ3) is 4.58. The maximum atomic E-state index is 11.9. The summed E-state index contributed by atoms with van der Waals surface area (Å²) in [5, 5.41) is 8.50. The predicted octanol–water partition coefficient (Wildman–Crippen LogP) is 3.07. The summed E-state index contributed by atoms with van der Waals surface area (Å²) in [6.45, 7) is 1.55. The lowest BCUT2D eigenvalue weighted by Crippen LogP contribution is -2.16. The molecule has 0 heterocycles. The van der Waals surface area contributed by atoms with Gasteiger partial charge < -0.3 is 9.84 Å². The number of aliphatic carboxylic acids is 1. The molecule has 6 heteroatoms. The number of carboxylic acid groups (broad SMARTS) is 1. The molecular formula is C11H9F3O3. The molecule has 0 amide bonds. The Morgan fingerprint density at radius 3 is 2.24 bits per heavy atom. The Balaban J connectivity index is 2.85. The maximum absolute atomic E-state index is 11.9. The fourth-order valence-corrected chi connectivity index (χ4v) is 1.19. The van der Waals surface area contributed by atoms with Gasteiger partial charge >= 0.3 is 12.3 Å². The first kappa shape index (κ1) is 13.1. The van der Waals surface area contributed by atoms with E-state index >= 15 is 0 Å². The monoisotopic (exact) mass is 246 g/mol. The molecular weight excluding hydrogens is 237 g/mol. The number of benzene rings is 1. The number of ether oxygens (including phenoxy) is 1. The summed E-state index contributed by atoms with van der Waals surface area (Å²) in [6.07, 6.45) is -3.76. The number of allylic oxidation sites excluding steroid dienone is 1. The molecule has 0 unspecified atom stereocenters. The first-order valence-electron chi connectivity index (χ1n) is 4.55. The third-order valence-corrected chi connectivity index (χ3v) is 1.88. The average Bonchev–Trinajstić information content (AvgIpc) is 2.15. The van der Waals surface area contributed by atoms with Gasteiger partial charge in [-0.1, -0.05) is 12.1 Å². The number of halogens is 3. The van der Waals surface area contributed by atoms with E-state index in [1.807, 2.05) is 0 Å². The van der Waals surface area contributed by atoms with Crippen molar-refractivity contribution in [2.45, 2.75) is 13.3 Å². The topological polar surface area (TPSA) is 46.5 Å². The van der Waals surface area contributed by atoms with Gasteiger partial charge in [0.2, 0.25) is 0 Å². The van der Waals surface area contributed by atoms with Crippen LogP contribution in [0.1, 0.15) is 12.5 Å². The third-order valence-electron chi connectivity index (χ3n) is 1.88. The van der Waals surface area contributed by atoms with Crippen molar-refractivity contribution in [3.63, 3.8) is 0 Å². The summed E-state index contributed by atoms with van der Waals surface area (Å²) >= 11 is 0. The van der Waals surface area contributed by atoms with Crippen LogP contribution >= 0.6 is 0 Å². The van der Waals surface area contributed by atoms with E-state index in [9.17, 15) is 18.0 Å². The van der Waals surface area contributed by atoms with Gasteiger partial charge in [-0.25, -0.2) is 4.79 Å². The zero-order valence-corrected chi connectivity index (χ0v) is 8.78. The fourth-order valence-electron chi connectivity index (χ4n) is 1.19. The molecule has 1 N–H and O–H groups in total. The second kappa shape index (κ2) is 4.90. The highest BCUT2D eigenvalue weighted by molar-refractivity contribution is 5.89. The molecule has 0 atom stereocenters. The van der Waals surface area contributed by atoms with E-state index in [2.05, 4.69) is 4.74 Å². The Morgan fingerprint density at radius 1 is 1.29 bits per heavy atom. The van der Waals surface area contributed by atoms with Gasteiger partial charge in [0, 0.05) is 6.08 Å². The number of carboxylic acids is 1. The number of hydrogen-bond acceptors (Lipinski definition) is 2. The normalized spacial score (nSPS) is 12.4. The van der Waals surface area contributed by atoms with Crippen LogP contribution in [-0.4, -0.2) is 17.4 Å². The van der Waals surface area contributed by atoms with Crippen molar-refractivity contribution in [1.29, 1.82) is 0 Å². The molecule has 0 aromatic heterocycles. The molecule has 0 saturated heterocycles. The number of carbonyl (C=O) groups is 1. The van der Waals surface area contributed by atoms with Crippen molar-refractivity contribution < 1.29 is 27.8 Å². The maximum Gasteiger partial charge on any atom is 0.573 e. The van der Waals surface area contributed by atoms with Crippen molar-refractivity contribution in [1.82, 2.24) is 0 Å². The highest BCUT2D eigenvalue weighted by Gasteiger charge is 2.30. The van der Waals surface area contributed by atoms with Gasteiger partial charge in [-0.3, -0.25) is 0 Å². The van der Waals surface area contributed by atoms with E-state index in [1.54, 1.807) is 6.92 Å². The largest absolute Gasteiger partial charge is 0.573 e. The zero-order valence-electron chi connectivity index (χ0n) is 8.78. The summed E-state index contributed by atoms with van der Waals surface area (Å²) in [4.78, 5) is 10.4. The van der Waals surface area contributed by atoms with Crippen LogP contribution in [0.15, 0.2) is 30.3 Å². The molecule has 0 radical (unpaired) electrons. The Morgan fingerprint density at radius 2 is 1.82 bits per heavy atom. The molecule has 0 aliphatic heterocycles. The van der Waals surface area contributed by atoms with Crippen molar-refractivity contribution in [2.24, 2.45) is 0 Å². The zero-order chi connectivity index (χ0) is 13.1. The average molecular weight is 246 g/mol. The van der Waals surface area contributed by atoms with E-state index in [0.717, 1.165) is 18.2 Å². The second-order valence-corrected chi connectivity index (χ2v) is 3.24. The summed E-state index contributed by atoms with van der Waals surface area (Å²) in [5.41, 5.74) is 0.956. The van der Waals surface area contributed by atoms with Gasteiger partial charge in [-0.15, -0.1) is 13.2 Å². The lowest BCUT2D eigenvalue weighted by Gasteiger charge is -2.09. The van der Waals surface area contributed by atoms with Crippen LogP contribution in [0.2, 0.25) is 0 Å². The lowest BCUT2D eigenvalue weighted by atomic mass is 10.1. The van der Waals surface area contributed by atoms with Crippen molar-refractivity contribution in [3.05, 3.63) is 35.9 Å². The van der Waals surface area contributed by atoms with Crippen LogP contribution in [-0.2, 0) is 4.79 Å². The first-order valence-corrected chi connectivity index (χ1v) is 4.55. The van der Waals surface area contributed by atoms with E-state index in [-0.39, 0.29) is 5.75 Å². The minimum absolute atomic E-state index is 0.343.